The summed E-state index contributed by atoms with van der Waals surface area (Å²) in [4.78, 5) is 15.4. The number of ketones is 1. The first-order valence-corrected chi connectivity index (χ1v) is 13.6. The lowest BCUT2D eigenvalue weighted by atomic mass is 9.74. The minimum Gasteiger partial charge on any atom is -0.489 e. The van der Waals surface area contributed by atoms with E-state index in [1.807, 2.05) is 67.3 Å². The number of rotatable bonds is 5. The van der Waals surface area contributed by atoms with E-state index < -0.39 is 5.92 Å². The molecular weight excluding hydrogens is 538 g/mol. The number of ether oxygens (including phenoxy) is 1. The highest BCUT2D eigenvalue weighted by Gasteiger charge is 2.41. The second-order valence-electron chi connectivity index (χ2n) is 10.0. The second-order valence-corrected chi connectivity index (χ2v) is 10.9. The Labute approximate surface area is 232 Å². The number of hydrogen-bond donors (Lipinski definition) is 1. The van der Waals surface area contributed by atoms with Crippen LogP contribution in [0.2, 0.25) is 0 Å². The molecule has 6 heteroatoms. The lowest BCUT2D eigenvalue weighted by Gasteiger charge is -2.40. The van der Waals surface area contributed by atoms with E-state index in [2.05, 4.69) is 41.1 Å². The molecule has 5 rings (SSSR count). The molecule has 192 valence electrons. The molecule has 1 atom stereocenters. The molecule has 0 saturated heterocycles. The van der Waals surface area contributed by atoms with Gasteiger partial charge in [-0.15, -0.1) is 0 Å². The molecule has 0 amide bonds. The van der Waals surface area contributed by atoms with Crippen LogP contribution in [0.3, 0.4) is 0 Å². The number of nitrogens with zero attached hydrogens (tertiary/aromatic N) is 2. The van der Waals surface area contributed by atoms with E-state index in [0.717, 1.165) is 56.7 Å². The molecule has 1 aliphatic heterocycles. The zero-order chi connectivity index (χ0) is 27.0. The number of benzene rings is 3. The molecule has 2 aliphatic rings. The van der Waals surface area contributed by atoms with E-state index in [9.17, 15) is 10.1 Å². The highest BCUT2D eigenvalue weighted by Crippen LogP contribution is 2.47. The zero-order valence-corrected chi connectivity index (χ0v) is 23.4. The number of carbonyl (C=O) groups excluding carboxylic acids is 1. The molecule has 0 bridgehead atoms. The predicted octanol–water partition coefficient (Wildman–Crippen LogP) is 7.26. The summed E-state index contributed by atoms with van der Waals surface area (Å²) in [7, 11) is 0. The van der Waals surface area contributed by atoms with Gasteiger partial charge in [-0.25, -0.2) is 0 Å². The van der Waals surface area contributed by atoms with E-state index in [1.165, 1.54) is 5.56 Å². The molecule has 1 aliphatic carbocycles. The molecule has 0 saturated carbocycles. The summed E-state index contributed by atoms with van der Waals surface area (Å²) in [6.07, 6.45) is 1.95. The van der Waals surface area contributed by atoms with Crippen LogP contribution in [-0.4, -0.2) is 5.78 Å². The van der Waals surface area contributed by atoms with Crippen LogP contribution in [0.4, 0.5) is 5.69 Å². The Kier molecular flexibility index (Phi) is 7.14. The fourth-order valence-electron chi connectivity index (χ4n) is 5.46. The first kappa shape index (κ1) is 25.8. The summed E-state index contributed by atoms with van der Waals surface area (Å²) in [5, 5.41) is 10.4. The van der Waals surface area contributed by atoms with Gasteiger partial charge in [0.1, 0.15) is 18.2 Å². The van der Waals surface area contributed by atoms with Gasteiger partial charge in [0.15, 0.2) is 5.78 Å². The number of halogens is 1. The minimum absolute atomic E-state index is 0.0797. The first-order valence-electron chi connectivity index (χ1n) is 12.8. The molecule has 3 aromatic rings. The normalized spacial score (nSPS) is 17.4. The van der Waals surface area contributed by atoms with Crippen molar-refractivity contribution in [1.29, 1.82) is 5.26 Å². The zero-order valence-electron chi connectivity index (χ0n) is 21.8. The van der Waals surface area contributed by atoms with Crippen molar-refractivity contribution in [1.82, 2.24) is 0 Å². The van der Waals surface area contributed by atoms with Crippen LogP contribution in [0.25, 0.3) is 0 Å². The van der Waals surface area contributed by atoms with Crippen LogP contribution in [0.1, 0.15) is 53.0 Å². The Morgan fingerprint density at radius 3 is 2.42 bits per heavy atom. The van der Waals surface area contributed by atoms with Gasteiger partial charge >= 0.3 is 0 Å². The molecule has 38 heavy (non-hydrogen) atoms. The number of anilines is 1. The average molecular weight is 569 g/mol. The maximum absolute atomic E-state index is 13.5. The van der Waals surface area contributed by atoms with Gasteiger partial charge in [-0.2, -0.15) is 5.26 Å². The van der Waals surface area contributed by atoms with Crippen molar-refractivity contribution in [3.05, 3.63) is 116 Å². The van der Waals surface area contributed by atoms with Crippen LogP contribution in [0.15, 0.2) is 87.8 Å². The number of nitrogens with two attached hydrogens (primary N) is 1. The molecule has 1 unspecified atom stereocenters. The molecule has 2 N–H and O–H groups in total. The van der Waals surface area contributed by atoms with E-state index >= 15 is 0 Å². The summed E-state index contributed by atoms with van der Waals surface area (Å²) >= 11 is 3.49. The molecule has 3 aromatic carbocycles. The van der Waals surface area contributed by atoms with Crippen LogP contribution in [0.5, 0.6) is 5.75 Å². The summed E-state index contributed by atoms with van der Waals surface area (Å²) in [5.74, 6) is 0.754. The molecule has 1 heterocycles. The number of allylic oxidation sites excluding steroid dienone is 3. The Morgan fingerprint density at radius 1 is 1.03 bits per heavy atom. The molecular formula is C32H30BrN3O2. The summed E-state index contributed by atoms with van der Waals surface area (Å²) in [6, 6.07) is 22.4. The SMILES string of the molecule is Cc1ccc(OCc2cc(C3C(C#N)=C(N)N(c4ccc(Br)cc4)C4=C3C(=O)CCC4)c(C)cc2C)cc1. The molecule has 5 nitrogen and oxygen atoms in total. The van der Waals surface area contributed by atoms with Crippen molar-refractivity contribution in [3.8, 4) is 11.8 Å². The van der Waals surface area contributed by atoms with E-state index in [4.69, 9.17) is 10.5 Å². The highest BCUT2D eigenvalue weighted by molar-refractivity contribution is 9.10. The Hall–Kier alpha value is -3.82. The quantitative estimate of drug-likeness (QED) is 0.351. The van der Waals surface area contributed by atoms with Gasteiger partial charge in [-0.3, -0.25) is 9.69 Å². The van der Waals surface area contributed by atoms with Gasteiger partial charge in [-0.05, 0) is 92.3 Å². The standard InChI is InChI=1S/C32H30BrN3O2/c1-19-7-13-25(14-8-19)38-18-22-16-26(21(3)15-20(22)2)30-27(17-34)32(35)36(24-11-9-23(33)10-12-24)28-5-4-6-29(37)31(28)30/h7-16,30H,4-6,18,35H2,1-3H3. The van der Waals surface area contributed by atoms with Crippen LogP contribution in [-0.2, 0) is 11.4 Å². The predicted molar refractivity (Wildman–Crippen MR) is 153 cm³/mol. The summed E-state index contributed by atoms with van der Waals surface area (Å²) in [5.41, 5.74) is 14.8. The molecule has 0 radical (unpaired) electrons. The number of hydrogen-bond acceptors (Lipinski definition) is 5. The van der Waals surface area contributed by atoms with Crippen LogP contribution >= 0.6 is 15.9 Å². The number of nitriles is 1. The maximum atomic E-state index is 13.5. The summed E-state index contributed by atoms with van der Waals surface area (Å²) < 4.78 is 7.05. The molecule has 0 fully saturated rings. The van der Waals surface area contributed by atoms with E-state index in [-0.39, 0.29) is 5.78 Å². The molecule has 0 aromatic heterocycles. The number of carbonyl (C=O) groups is 1. The monoisotopic (exact) mass is 567 g/mol. The summed E-state index contributed by atoms with van der Waals surface area (Å²) in [6.45, 7) is 6.53. The van der Waals surface area contributed by atoms with Gasteiger partial charge in [0.2, 0.25) is 0 Å². The number of aryl methyl sites for hydroxylation is 3. The highest BCUT2D eigenvalue weighted by atomic mass is 79.9. The maximum Gasteiger partial charge on any atom is 0.161 e. The van der Waals surface area contributed by atoms with Crippen LogP contribution in [0, 0.1) is 32.1 Å². The first-order chi connectivity index (χ1) is 18.3. The van der Waals surface area contributed by atoms with Crippen molar-refractivity contribution in [2.75, 3.05) is 4.90 Å². The van der Waals surface area contributed by atoms with Crippen LogP contribution < -0.4 is 15.4 Å². The lowest BCUT2D eigenvalue weighted by Crippen LogP contribution is -2.38. The smallest absolute Gasteiger partial charge is 0.161 e. The second kappa shape index (κ2) is 10.5. The van der Waals surface area contributed by atoms with Gasteiger partial charge in [0, 0.05) is 27.9 Å². The average Bonchev–Trinajstić information content (AvgIpc) is 2.90. The lowest BCUT2D eigenvalue weighted by molar-refractivity contribution is -0.116. The third-order valence-corrected chi connectivity index (χ3v) is 7.98. The van der Waals surface area contributed by atoms with E-state index in [1.54, 1.807) is 0 Å². The van der Waals surface area contributed by atoms with Crippen molar-refractivity contribution in [3.63, 3.8) is 0 Å². The topological polar surface area (TPSA) is 79.3 Å². The fourth-order valence-corrected chi connectivity index (χ4v) is 5.73. The Balaban J connectivity index is 1.61. The Bertz CT molecular complexity index is 1510. The van der Waals surface area contributed by atoms with Crippen molar-refractivity contribution < 1.29 is 9.53 Å². The van der Waals surface area contributed by atoms with Gasteiger partial charge in [-0.1, -0.05) is 45.8 Å². The van der Waals surface area contributed by atoms with Gasteiger partial charge < -0.3 is 10.5 Å². The third kappa shape index (κ3) is 4.75. The van der Waals surface area contributed by atoms with Crippen molar-refractivity contribution in [2.24, 2.45) is 5.73 Å². The van der Waals surface area contributed by atoms with Gasteiger partial charge in [0.25, 0.3) is 0 Å². The van der Waals surface area contributed by atoms with Crippen molar-refractivity contribution in [2.45, 2.75) is 52.6 Å². The fraction of sp³-hybridized carbons (Fsp3) is 0.250. The Morgan fingerprint density at radius 2 is 1.74 bits per heavy atom. The third-order valence-electron chi connectivity index (χ3n) is 7.45. The molecule has 0 spiro atoms. The minimum atomic E-state index is -0.506. The van der Waals surface area contributed by atoms with Gasteiger partial charge in [0.05, 0.1) is 17.6 Å². The number of Topliss-reactive ketones (excluding diaryl/α,β-unsaturated/α-hetero) is 1. The van der Waals surface area contributed by atoms with Crippen molar-refractivity contribution >= 4 is 27.4 Å². The largest absolute Gasteiger partial charge is 0.489 e. The van der Waals surface area contributed by atoms with E-state index in [0.29, 0.717) is 30.0 Å².